The fraction of sp³-hybridized carbons (Fsp3) is 0.571. The number of benzene rings is 1. The predicted octanol–water partition coefficient (Wildman–Crippen LogP) is 5.18. The van der Waals surface area contributed by atoms with E-state index in [0.717, 1.165) is 41.2 Å². The van der Waals surface area contributed by atoms with Crippen molar-refractivity contribution < 1.29 is 4.79 Å². The van der Waals surface area contributed by atoms with Gasteiger partial charge in [0.05, 0.1) is 11.7 Å². The number of amides is 1. The fourth-order valence-electron chi connectivity index (χ4n) is 3.80. The second-order valence-electron chi connectivity index (χ2n) is 7.98. The third-order valence-electron chi connectivity index (χ3n) is 5.59. The fourth-order valence-corrected chi connectivity index (χ4v) is 5.13. The van der Waals surface area contributed by atoms with Gasteiger partial charge in [0.1, 0.15) is 0 Å². The molecule has 7 heteroatoms. The van der Waals surface area contributed by atoms with Crippen LogP contribution in [0.5, 0.6) is 0 Å². The lowest BCUT2D eigenvalue weighted by Gasteiger charge is -2.21. The number of halogens is 1. The van der Waals surface area contributed by atoms with E-state index in [0.29, 0.717) is 5.02 Å². The van der Waals surface area contributed by atoms with Gasteiger partial charge in [-0.3, -0.25) is 9.36 Å². The van der Waals surface area contributed by atoms with Crippen molar-refractivity contribution in [3.8, 4) is 5.69 Å². The topological polar surface area (TPSA) is 59.8 Å². The first-order valence-electron chi connectivity index (χ1n) is 10.3. The summed E-state index contributed by atoms with van der Waals surface area (Å²) in [4.78, 5) is 12.2. The Hall–Kier alpha value is -1.53. The summed E-state index contributed by atoms with van der Waals surface area (Å²) in [5, 5.41) is 13.6. The van der Waals surface area contributed by atoms with E-state index in [1.54, 1.807) is 11.8 Å². The minimum Gasteiger partial charge on any atom is -0.346 e. The predicted molar refractivity (Wildman–Crippen MR) is 113 cm³/mol. The van der Waals surface area contributed by atoms with Gasteiger partial charge in [0.2, 0.25) is 5.91 Å². The molecule has 0 aliphatic heterocycles. The van der Waals surface area contributed by atoms with Crippen LogP contribution in [0.25, 0.3) is 5.69 Å². The van der Waals surface area contributed by atoms with Crippen LogP contribution in [0.15, 0.2) is 29.4 Å². The largest absolute Gasteiger partial charge is 0.346 e. The number of hydrogen-bond acceptors (Lipinski definition) is 4. The maximum atomic E-state index is 12.2. The van der Waals surface area contributed by atoms with Crippen molar-refractivity contribution in [3.63, 3.8) is 0 Å². The molecule has 0 saturated heterocycles. The zero-order valence-corrected chi connectivity index (χ0v) is 17.8. The highest BCUT2D eigenvalue weighted by atomic mass is 35.5. The maximum Gasteiger partial charge on any atom is 0.223 e. The normalized spacial score (nSPS) is 18.8. The van der Waals surface area contributed by atoms with Crippen LogP contribution in [0, 0.1) is 11.8 Å². The Morgan fingerprint density at radius 3 is 2.75 bits per heavy atom. The number of nitrogens with one attached hydrogen (secondary N) is 1. The number of carbonyl (C=O) groups is 1. The Kier molecular flexibility index (Phi) is 6.26. The Morgan fingerprint density at radius 2 is 2.04 bits per heavy atom. The van der Waals surface area contributed by atoms with Crippen LogP contribution in [0.2, 0.25) is 5.02 Å². The standard InChI is InChI=1S/C21H27ClN4OS/c1-14(23-20(27)16-10-11-16)19-24-25-21(28-13-15-6-3-2-4-7-15)26(19)18-9-5-8-17(22)12-18/h5,8-9,12,14-16H,2-4,6-7,10-11,13H2,1H3,(H,23,27)/t14-/m1/s1. The van der Waals surface area contributed by atoms with E-state index in [-0.39, 0.29) is 17.9 Å². The molecule has 1 atom stereocenters. The molecule has 28 heavy (non-hydrogen) atoms. The van der Waals surface area contributed by atoms with E-state index in [1.807, 2.05) is 31.2 Å². The van der Waals surface area contributed by atoms with E-state index in [4.69, 9.17) is 11.6 Å². The molecule has 5 nitrogen and oxygen atoms in total. The van der Waals surface area contributed by atoms with Crippen LogP contribution in [0.3, 0.4) is 0 Å². The number of hydrogen-bond donors (Lipinski definition) is 1. The lowest BCUT2D eigenvalue weighted by atomic mass is 9.91. The third-order valence-corrected chi connectivity index (χ3v) is 6.99. The van der Waals surface area contributed by atoms with Gasteiger partial charge < -0.3 is 5.32 Å². The van der Waals surface area contributed by atoms with Gasteiger partial charge in [0, 0.05) is 16.7 Å². The number of aromatic nitrogens is 3. The first-order valence-corrected chi connectivity index (χ1v) is 11.6. The van der Waals surface area contributed by atoms with Gasteiger partial charge in [-0.15, -0.1) is 10.2 Å². The molecular formula is C21H27ClN4OS. The van der Waals surface area contributed by atoms with Gasteiger partial charge in [-0.05, 0) is 56.7 Å². The van der Waals surface area contributed by atoms with Crippen LogP contribution in [-0.2, 0) is 4.79 Å². The van der Waals surface area contributed by atoms with Crippen LogP contribution in [-0.4, -0.2) is 26.4 Å². The summed E-state index contributed by atoms with van der Waals surface area (Å²) in [5.41, 5.74) is 0.936. The second kappa shape index (κ2) is 8.87. The van der Waals surface area contributed by atoms with Gasteiger partial charge in [-0.25, -0.2) is 0 Å². The first-order chi connectivity index (χ1) is 13.6. The number of thioether (sulfide) groups is 1. The summed E-state index contributed by atoms with van der Waals surface area (Å²) in [7, 11) is 0. The Balaban J connectivity index is 1.57. The second-order valence-corrected chi connectivity index (χ2v) is 9.40. The number of rotatable bonds is 7. The van der Waals surface area contributed by atoms with Gasteiger partial charge in [0.25, 0.3) is 0 Å². The van der Waals surface area contributed by atoms with E-state index in [9.17, 15) is 4.79 Å². The Morgan fingerprint density at radius 1 is 1.25 bits per heavy atom. The summed E-state index contributed by atoms with van der Waals surface area (Å²) in [6, 6.07) is 7.53. The van der Waals surface area contributed by atoms with Crippen molar-refractivity contribution in [2.24, 2.45) is 11.8 Å². The molecule has 2 aliphatic rings. The quantitative estimate of drug-likeness (QED) is 0.629. The highest BCUT2D eigenvalue weighted by Gasteiger charge is 2.31. The monoisotopic (exact) mass is 418 g/mol. The summed E-state index contributed by atoms with van der Waals surface area (Å²) in [6.07, 6.45) is 8.62. The van der Waals surface area contributed by atoms with E-state index in [2.05, 4.69) is 20.1 Å². The summed E-state index contributed by atoms with van der Waals surface area (Å²) >= 11 is 8.01. The van der Waals surface area contributed by atoms with Gasteiger partial charge in [-0.1, -0.05) is 48.7 Å². The highest BCUT2D eigenvalue weighted by molar-refractivity contribution is 7.99. The molecular weight excluding hydrogens is 392 g/mol. The molecule has 0 spiro atoms. The third kappa shape index (κ3) is 4.71. The average Bonchev–Trinajstić information content (AvgIpc) is 3.46. The number of carbonyl (C=O) groups excluding carboxylic acids is 1. The summed E-state index contributed by atoms with van der Waals surface area (Å²) in [6.45, 7) is 1.97. The van der Waals surface area contributed by atoms with Crippen molar-refractivity contribution in [2.45, 2.75) is 63.1 Å². The molecule has 1 aromatic carbocycles. The van der Waals surface area contributed by atoms with Crippen molar-refractivity contribution in [1.29, 1.82) is 0 Å². The van der Waals surface area contributed by atoms with Crippen molar-refractivity contribution in [1.82, 2.24) is 20.1 Å². The van der Waals surface area contributed by atoms with Gasteiger partial charge in [0.15, 0.2) is 11.0 Å². The smallest absolute Gasteiger partial charge is 0.223 e. The molecule has 1 heterocycles. The zero-order valence-electron chi connectivity index (χ0n) is 16.2. The lowest BCUT2D eigenvalue weighted by molar-refractivity contribution is -0.123. The molecule has 4 rings (SSSR count). The minimum atomic E-state index is -0.205. The molecule has 2 aromatic rings. The lowest BCUT2D eigenvalue weighted by Crippen LogP contribution is -2.29. The number of nitrogens with zero attached hydrogens (tertiary/aromatic N) is 3. The molecule has 1 aromatic heterocycles. The molecule has 0 radical (unpaired) electrons. The van der Waals surface area contributed by atoms with Crippen LogP contribution in [0.1, 0.15) is 63.7 Å². The zero-order chi connectivity index (χ0) is 19.5. The van der Waals surface area contributed by atoms with E-state index in [1.165, 1.54) is 32.1 Å². The average molecular weight is 419 g/mol. The summed E-state index contributed by atoms with van der Waals surface area (Å²) < 4.78 is 2.05. The minimum absolute atomic E-state index is 0.115. The van der Waals surface area contributed by atoms with Gasteiger partial charge in [-0.2, -0.15) is 0 Å². The molecule has 2 fully saturated rings. The summed E-state index contributed by atoms with van der Waals surface area (Å²) in [5.74, 6) is 2.84. The molecule has 0 bridgehead atoms. The maximum absolute atomic E-state index is 12.2. The highest BCUT2D eigenvalue weighted by Crippen LogP contribution is 2.33. The van der Waals surface area contributed by atoms with Crippen LogP contribution < -0.4 is 5.32 Å². The van der Waals surface area contributed by atoms with Crippen LogP contribution in [0.4, 0.5) is 0 Å². The molecule has 2 aliphatic carbocycles. The molecule has 1 amide bonds. The Labute approximate surface area is 175 Å². The van der Waals surface area contributed by atoms with Crippen LogP contribution >= 0.6 is 23.4 Å². The molecule has 150 valence electrons. The SMILES string of the molecule is C[C@@H](NC(=O)C1CC1)c1nnc(SCC2CCCCC2)n1-c1cccc(Cl)c1. The van der Waals surface area contributed by atoms with Crippen molar-refractivity contribution in [2.75, 3.05) is 5.75 Å². The van der Waals surface area contributed by atoms with Gasteiger partial charge >= 0.3 is 0 Å². The Bertz CT molecular complexity index is 830. The molecule has 2 saturated carbocycles. The van der Waals surface area contributed by atoms with Crippen molar-refractivity contribution in [3.05, 3.63) is 35.1 Å². The molecule has 1 N–H and O–H groups in total. The first kappa shape index (κ1) is 19.8. The van der Waals surface area contributed by atoms with E-state index < -0.39 is 0 Å². The van der Waals surface area contributed by atoms with E-state index >= 15 is 0 Å². The molecule has 0 unspecified atom stereocenters. The van der Waals surface area contributed by atoms with Crippen molar-refractivity contribution >= 4 is 29.3 Å².